The molecule has 0 unspecified atom stereocenters. The van der Waals surface area contributed by atoms with Crippen molar-refractivity contribution in [2.75, 3.05) is 13.7 Å². The van der Waals surface area contributed by atoms with E-state index < -0.39 is 0 Å². The van der Waals surface area contributed by atoms with Gasteiger partial charge in [0, 0.05) is 6.42 Å². The Morgan fingerprint density at radius 3 is 2.39 bits per heavy atom. The van der Waals surface area contributed by atoms with Crippen molar-refractivity contribution in [2.45, 2.75) is 52.4 Å². The molecular formula is C25H33N3O3. The Kier molecular flexibility index (Phi) is 10.9. The molecule has 31 heavy (non-hydrogen) atoms. The second-order valence-electron chi connectivity index (χ2n) is 7.16. The molecule has 0 amide bonds. The summed E-state index contributed by atoms with van der Waals surface area (Å²) in [7, 11) is 1.66. The number of phenolic OH excluding ortho intramolecular Hbond substituents is 1. The smallest absolute Gasteiger partial charge is 0.164 e. The van der Waals surface area contributed by atoms with Crippen LogP contribution in [0, 0.1) is 0 Å². The first kappa shape index (κ1) is 24.1. The third-order valence-electron chi connectivity index (χ3n) is 4.80. The van der Waals surface area contributed by atoms with Crippen LogP contribution >= 0.6 is 0 Å². The molecule has 2 aromatic carbocycles. The highest BCUT2D eigenvalue weighted by Crippen LogP contribution is 2.30. The summed E-state index contributed by atoms with van der Waals surface area (Å²) in [6, 6.07) is 15.3. The fourth-order valence-corrected chi connectivity index (χ4v) is 3.03. The number of hydrogen-bond acceptors (Lipinski definition) is 6. The number of nitrogens with zero attached hydrogens (tertiary/aromatic N) is 3. The first-order valence-corrected chi connectivity index (χ1v) is 10.9. The topological polar surface area (TPSA) is 77.4 Å². The first-order chi connectivity index (χ1) is 15.2. The monoisotopic (exact) mass is 423 g/mol. The highest BCUT2D eigenvalue weighted by Gasteiger charge is 2.06. The summed E-state index contributed by atoms with van der Waals surface area (Å²) in [5.41, 5.74) is 3.17. The average molecular weight is 424 g/mol. The minimum Gasteiger partial charge on any atom is -0.504 e. The third-order valence-corrected chi connectivity index (χ3v) is 4.80. The number of ether oxygens (including phenoxy) is 2. The predicted octanol–water partition coefficient (Wildman–Crippen LogP) is 5.38. The molecule has 1 N–H and O–H groups in total. The van der Waals surface area contributed by atoms with Gasteiger partial charge in [-0.25, -0.2) is 0 Å². The van der Waals surface area contributed by atoms with Gasteiger partial charge in [0.25, 0.3) is 0 Å². The fourth-order valence-electron chi connectivity index (χ4n) is 3.03. The number of hydrogen-bond donors (Lipinski definition) is 1. The molecule has 0 saturated carbocycles. The molecule has 0 radical (unpaired) electrons. The van der Waals surface area contributed by atoms with Crippen molar-refractivity contribution in [1.82, 2.24) is 15.4 Å². The predicted molar refractivity (Wildman–Crippen MR) is 123 cm³/mol. The quantitative estimate of drug-likeness (QED) is 0.441. The SMILES string of the molecule is CCCCCCOc1c(O)cccc1CC.COc1ccc(Cc2ccnnn2)cc1. The Hall–Kier alpha value is -3.15. The number of para-hydroxylation sites is 1. The molecule has 0 bridgehead atoms. The van der Waals surface area contributed by atoms with Crippen molar-refractivity contribution in [2.24, 2.45) is 0 Å². The van der Waals surface area contributed by atoms with Gasteiger partial charge in [0.2, 0.25) is 0 Å². The van der Waals surface area contributed by atoms with Crippen LogP contribution in [0.5, 0.6) is 17.2 Å². The van der Waals surface area contributed by atoms with Crippen LogP contribution in [0.3, 0.4) is 0 Å². The van der Waals surface area contributed by atoms with Crippen molar-refractivity contribution in [1.29, 1.82) is 0 Å². The van der Waals surface area contributed by atoms with Crippen molar-refractivity contribution in [3.05, 3.63) is 71.5 Å². The van der Waals surface area contributed by atoms with Crippen molar-refractivity contribution in [3.8, 4) is 17.2 Å². The van der Waals surface area contributed by atoms with Crippen LogP contribution in [-0.2, 0) is 12.8 Å². The summed E-state index contributed by atoms with van der Waals surface area (Å²) < 4.78 is 10.7. The van der Waals surface area contributed by atoms with Gasteiger partial charge < -0.3 is 14.6 Å². The Bertz CT molecular complexity index is 871. The molecule has 3 rings (SSSR count). The zero-order valence-corrected chi connectivity index (χ0v) is 18.8. The molecule has 0 atom stereocenters. The van der Waals surface area contributed by atoms with E-state index in [1.165, 1.54) is 24.8 Å². The molecule has 1 aromatic heterocycles. The first-order valence-electron chi connectivity index (χ1n) is 10.9. The molecule has 0 aliphatic rings. The third kappa shape index (κ3) is 8.62. The summed E-state index contributed by atoms with van der Waals surface area (Å²) in [5.74, 6) is 1.79. The number of rotatable bonds is 10. The Morgan fingerprint density at radius 1 is 0.935 bits per heavy atom. The van der Waals surface area contributed by atoms with Gasteiger partial charge in [-0.1, -0.05) is 57.4 Å². The van der Waals surface area contributed by atoms with Gasteiger partial charge in [-0.2, -0.15) is 0 Å². The molecule has 0 saturated heterocycles. The van der Waals surface area contributed by atoms with Crippen molar-refractivity contribution < 1.29 is 14.6 Å². The second kappa shape index (κ2) is 14.0. The van der Waals surface area contributed by atoms with E-state index in [4.69, 9.17) is 9.47 Å². The van der Waals surface area contributed by atoms with Crippen LogP contribution in [0.4, 0.5) is 0 Å². The van der Waals surface area contributed by atoms with Gasteiger partial charge in [0.1, 0.15) is 5.75 Å². The molecule has 0 aliphatic carbocycles. The normalized spacial score (nSPS) is 10.2. The molecule has 1 heterocycles. The Morgan fingerprint density at radius 2 is 1.74 bits per heavy atom. The molecule has 6 nitrogen and oxygen atoms in total. The van der Waals surface area contributed by atoms with Gasteiger partial charge >= 0.3 is 0 Å². The summed E-state index contributed by atoms with van der Waals surface area (Å²) in [5, 5.41) is 20.8. The summed E-state index contributed by atoms with van der Waals surface area (Å²) in [6.45, 7) is 4.96. The molecule has 0 fully saturated rings. The average Bonchev–Trinajstić information content (AvgIpc) is 2.81. The molecule has 6 heteroatoms. The largest absolute Gasteiger partial charge is 0.504 e. The zero-order chi connectivity index (χ0) is 22.3. The summed E-state index contributed by atoms with van der Waals surface area (Å²) in [6.07, 6.45) is 8.04. The number of aromatic nitrogens is 3. The molecule has 3 aromatic rings. The maximum Gasteiger partial charge on any atom is 0.164 e. The van der Waals surface area contributed by atoms with Crippen molar-refractivity contribution in [3.63, 3.8) is 0 Å². The second-order valence-corrected chi connectivity index (χ2v) is 7.16. The van der Waals surface area contributed by atoms with Crippen LogP contribution in [-0.4, -0.2) is 34.2 Å². The van der Waals surface area contributed by atoms with E-state index in [9.17, 15) is 5.11 Å². The number of unbranched alkanes of at least 4 members (excludes halogenated alkanes) is 3. The van der Waals surface area contributed by atoms with Crippen LogP contribution in [0.25, 0.3) is 0 Å². The van der Waals surface area contributed by atoms with E-state index in [1.807, 2.05) is 42.5 Å². The van der Waals surface area contributed by atoms with E-state index in [2.05, 4.69) is 29.3 Å². The number of phenols is 1. The van der Waals surface area contributed by atoms with E-state index in [-0.39, 0.29) is 5.75 Å². The minimum absolute atomic E-state index is 0.259. The number of aryl methyl sites for hydroxylation is 1. The van der Waals surface area contributed by atoms with E-state index in [0.717, 1.165) is 36.3 Å². The number of aromatic hydroxyl groups is 1. The van der Waals surface area contributed by atoms with Gasteiger partial charge in [-0.15, -0.1) is 10.2 Å². The maximum atomic E-state index is 9.70. The van der Waals surface area contributed by atoms with Gasteiger partial charge in [-0.3, -0.25) is 0 Å². The van der Waals surface area contributed by atoms with Crippen LogP contribution < -0.4 is 9.47 Å². The van der Waals surface area contributed by atoms with Crippen LogP contribution in [0.1, 0.15) is 56.4 Å². The Labute approximate surface area is 185 Å². The lowest BCUT2D eigenvalue weighted by Crippen LogP contribution is -2.00. The number of methoxy groups -OCH3 is 1. The summed E-state index contributed by atoms with van der Waals surface area (Å²) in [4.78, 5) is 0. The van der Waals surface area contributed by atoms with Crippen LogP contribution in [0.15, 0.2) is 54.7 Å². The van der Waals surface area contributed by atoms with Gasteiger partial charge in [0.05, 0.1) is 25.6 Å². The van der Waals surface area contributed by atoms with Crippen molar-refractivity contribution >= 4 is 0 Å². The van der Waals surface area contributed by atoms with E-state index >= 15 is 0 Å². The molecule has 0 spiro atoms. The molecule has 166 valence electrons. The fraction of sp³-hybridized carbons (Fsp3) is 0.400. The van der Waals surface area contributed by atoms with Gasteiger partial charge in [-0.05, 0) is 53.4 Å². The van der Waals surface area contributed by atoms with Gasteiger partial charge in [0.15, 0.2) is 11.5 Å². The van der Waals surface area contributed by atoms with Crippen LogP contribution in [0.2, 0.25) is 0 Å². The standard InChI is InChI=1S/C14H22O2.C11H11N3O/c1-3-5-6-7-11-16-14-12(4-2)9-8-10-13(14)15;1-15-11-4-2-9(3-5-11)8-10-6-7-12-14-13-10/h8-10,15H,3-7,11H2,1-2H3;2-7H,8H2,1H3. The van der Waals surface area contributed by atoms with E-state index in [1.54, 1.807) is 19.4 Å². The number of benzene rings is 2. The maximum absolute atomic E-state index is 9.70. The zero-order valence-electron chi connectivity index (χ0n) is 18.8. The lowest BCUT2D eigenvalue weighted by atomic mass is 10.1. The van der Waals surface area contributed by atoms with E-state index in [0.29, 0.717) is 12.4 Å². The highest BCUT2D eigenvalue weighted by molar-refractivity contribution is 5.45. The lowest BCUT2D eigenvalue weighted by molar-refractivity contribution is 0.286. The molecule has 0 aliphatic heterocycles. The summed E-state index contributed by atoms with van der Waals surface area (Å²) >= 11 is 0. The lowest BCUT2D eigenvalue weighted by Gasteiger charge is -2.11. The Balaban J connectivity index is 0.000000220. The minimum atomic E-state index is 0.259. The molecular weight excluding hydrogens is 390 g/mol. The highest BCUT2D eigenvalue weighted by atomic mass is 16.5.